The molecule has 1 aromatic heterocycles. The van der Waals surface area contributed by atoms with Crippen LogP contribution in [0.3, 0.4) is 0 Å². The van der Waals surface area contributed by atoms with Gasteiger partial charge in [-0.15, -0.1) is 0 Å². The molecule has 2 aromatic carbocycles. The number of aromatic nitrogens is 2. The summed E-state index contributed by atoms with van der Waals surface area (Å²) in [4.78, 5) is 17.9. The number of hydrogen-bond acceptors (Lipinski definition) is 4. The Balaban J connectivity index is 1.73. The average molecular weight is 343 g/mol. The van der Waals surface area contributed by atoms with Crippen molar-refractivity contribution >= 4 is 5.91 Å². The number of nitrogens with zero attached hydrogens (tertiary/aromatic N) is 3. The lowest BCUT2D eigenvalue weighted by Crippen LogP contribution is -2.26. The van der Waals surface area contributed by atoms with Gasteiger partial charge in [0.05, 0.1) is 0 Å². The highest BCUT2D eigenvalue weighted by atomic mass is 19.1. The van der Waals surface area contributed by atoms with Crippen LogP contribution in [0.25, 0.3) is 11.5 Å². The minimum absolute atomic E-state index is 0.0373. The van der Waals surface area contributed by atoms with E-state index in [4.69, 9.17) is 4.52 Å². The second-order valence-corrected chi connectivity index (χ2v) is 5.62. The van der Waals surface area contributed by atoms with E-state index in [0.717, 1.165) is 12.1 Å². The fourth-order valence-electron chi connectivity index (χ4n) is 2.37. The van der Waals surface area contributed by atoms with Crippen molar-refractivity contribution in [3.63, 3.8) is 0 Å². The van der Waals surface area contributed by atoms with Crippen molar-refractivity contribution in [2.75, 3.05) is 7.05 Å². The minimum Gasteiger partial charge on any atom is -0.337 e. The first-order valence-electron chi connectivity index (χ1n) is 7.54. The molecule has 5 nitrogen and oxygen atoms in total. The van der Waals surface area contributed by atoms with Gasteiger partial charge in [0, 0.05) is 36.3 Å². The number of rotatable bonds is 4. The SMILES string of the molecule is Cc1noc(-c2ccc(C(=O)N(C)Cc3ccc(F)cc3F)cc2)n1. The van der Waals surface area contributed by atoms with Crippen LogP contribution in [0.2, 0.25) is 0 Å². The van der Waals surface area contributed by atoms with E-state index < -0.39 is 11.6 Å². The molecule has 128 valence electrons. The van der Waals surface area contributed by atoms with E-state index in [1.54, 1.807) is 38.2 Å². The van der Waals surface area contributed by atoms with Gasteiger partial charge in [0.1, 0.15) is 11.6 Å². The Hall–Kier alpha value is -3.09. The largest absolute Gasteiger partial charge is 0.337 e. The number of carbonyl (C=O) groups excluding carboxylic acids is 1. The van der Waals surface area contributed by atoms with Gasteiger partial charge < -0.3 is 9.42 Å². The van der Waals surface area contributed by atoms with Crippen LogP contribution in [0.5, 0.6) is 0 Å². The van der Waals surface area contributed by atoms with Crippen molar-refractivity contribution in [2.24, 2.45) is 0 Å². The Kier molecular flexibility index (Phi) is 4.56. The summed E-state index contributed by atoms with van der Waals surface area (Å²) in [6, 6.07) is 9.96. The van der Waals surface area contributed by atoms with Crippen LogP contribution in [0.4, 0.5) is 8.78 Å². The van der Waals surface area contributed by atoms with Crippen LogP contribution in [0.1, 0.15) is 21.7 Å². The van der Waals surface area contributed by atoms with Crippen molar-refractivity contribution in [3.8, 4) is 11.5 Å². The fourth-order valence-corrected chi connectivity index (χ4v) is 2.37. The van der Waals surface area contributed by atoms with Gasteiger partial charge >= 0.3 is 0 Å². The van der Waals surface area contributed by atoms with Crippen molar-refractivity contribution in [1.29, 1.82) is 0 Å². The van der Waals surface area contributed by atoms with Gasteiger partial charge in [0.25, 0.3) is 11.8 Å². The predicted octanol–water partition coefficient (Wildman–Crippen LogP) is 3.60. The second kappa shape index (κ2) is 6.80. The lowest BCUT2D eigenvalue weighted by atomic mass is 10.1. The number of carbonyl (C=O) groups is 1. The van der Waals surface area contributed by atoms with E-state index >= 15 is 0 Å². The normalized spacial score (nSPS) is 10.7. The highest BCUT2D eigenvalue weighted by molar-refractivity contribution is 5.94. The van der Waals surface area contributed by atoms with E-state index in [-0.39, 0.29) is 18.0 Å². The van der Waals surface area contributed by atoms with Gasteiger partial charge in [-0.05, 0) is 37.3 Å². The molecule has 3 rings (SSSR count). The van der Waals surface area contributed by atoms with Gasteiger partial charge in [0.2, 0.25) is 0 Å². The lowest BCUT2D eigenvalue weighted by Gasteiger charge is -2.18. The summed E-state index contributed by atoms with van der Waals surface area (Å²) in [5.74, 6) is -0.713. The Bertz CT molecular complexity index is 907. The standard InChI is InChI=1S/C18H15F2N3O2/c1-11-21-17(25-22-11)12-3-5-13(6-4-12)18(24)23(2)10-14-7-8-15(19)9-16(14)20/h3-9H,10H2,1-2H3. The molecule has 7 heteroatoms. The molecule has 0 N–H and O–H groups in total. The molecule has 0 radical (unpaired) electrons. The average Bonchev–Trinajstić information content (AvgIpc) is 3.03. The molecule has 0 aliphatic carbocycles. The Morgan fingerprint density at radius 1 is 1.16 bits per heavy atom. The summed E-state index contributed by atoms with van der Waals surface area (Å²) in [6.45, 7) is 1.75. The number of amides is 1. The third-order valence-electron chi connectivity index (χ3n) is 3.68. The number of halogens is 2. The monoisotopic (exact) mass is 343 g/mol. The van der Waals surface area contributed by atoms with Crippen molar-refractivity contribution in [2.45, 2.75) is 13.5 Å². The molecule has 3 aromatic rings. The first kappa shape index (κ1) is 16.8. The molecule has 0 aliphatic heterocycles. The molecular formula is C18H15F2N3O2. The maximum Gasteiger partial charge on any atom is 0.257 e. The third kappa shape index (κ3) is 3.71. The molecule has 0 saturated heterocycles. The molecule has 0 fully saturated rings. The summed E-state index contributed by atoms with van der Waals surface area (Å²) >= 11 is 0. The van der Waals surface area contributed by atoms with Crippen LogP contribution in [-0.4, -0.2) is 28.0 Å². The molecule has 25 heavy (non-hydrogen) atoms. The van der Waals surface area contributed by atoms with Crippen molar-refractivity contribution < 1.29 is 18.1 Å². The Labute approximate surface area is 142 Å². The zero-order valence-electron chi connectivity index (χ0n) is 13.7. The highest BCUT2D eigenvalue weighted by Crippen LogP contribution is 2.19. The minimum atomic E-state index is -0.679. The highest BCUT2D eigenvalue weighted by Gasteiger charge is 2.15. The van der Waals surface area contributed by atoms with Gasteiger partial charge in [-0.25, -0.2) is 8.78 Å². The van der Waals surface area contributed by atoms with Gasteiger partial charge in [0.15, 0.2) is 5.82 Å². The zero-order chi connectivity index (χ0) is 18.0. The Morgan fingerprint density at radius 2 is 1.88 bits per heavy atom. The molecule has 0 spiro atoms. The molecule has 0 atom stereocenters. The second-order valence-electron chi connectivity index (χ2n) is 5.62. The van der Waals surface area contributed by atoms with Crippen LogP contribution < -0.4 is 0 Å². The molecule has 1 amide bonds. The molecule has 0 bridgehead atoms. The predicted molar refractivity (Wildman–Crippen MR) is 86.6 cm³/mol. The summed E-state index contributed by atoms with van der Waals surface area (Å²) in [5, 5.41) is 3.72. The summed E-state index contributed by atoms with van der Waals surface area (Å²) in [7, 11) is 1.56. The Morgan fingerprint density at radius 3 is 2.48 bits per heavy atom. The van der Waals surface area contributed by atoms with E-state index in [9.17, 15) is 13.6 Å². The van der Waals surface area contributed by atoms with Gasteiger partial charge in [-0.1, -0.05) is 11.2 Å². The summed E-state index contributed by atoms with van der Waals surface area (Å²) < 4.78 is 31.7. The van der Waals surface area contributed by atoms with Crippen LogP contribution in [0, 0.1) is 18.6 Å². The fraction of sp³-hybridized carbons (Fsp3) is 0.167. The van der Waals surface area contributed by atoms with Crippen LogP contribution in [-0.2, 0) is 6.54 Å². The van der Waals surface area contributed by atoms with Gasteiger partial charge in [-0.3, -0.25) is 4.79 Å². The maximum absolute atomic E-state index is 13.7. The number of benzene rings is 2. The van der Waals surface area contributed by atoms with Crippen molar-refractivity contribution in [1.82, 2.24) is 15.0 Å². The quantitative estimate of drug-likeness (QED) is 0.726. The van der Waals surface area contributed by atoms with E-state index in [1.807, 2.05) is 0 Å². The summed E-state index contributed by atoms with van der Waals surface area (Å²) in [6.07, 6.45) is 0. The molecule has 1 heterocycles. The van der Waals surface area contributed by atoms with E-state index in [1.165, 1.54) is 11.0 Å². The van der Waals surface area contributed by atoms with Crippen molar-refractivity contribution in [3.05, 3.63) is 71.1 Å². The van der Waals surface area contributed by atoms with E-state index in [0.29, 0.717) is 22.8 Å². The van der Waals surface area contributed by atoms with E-state index in [2.05, 4.69) is 10.1 Å². The smallest absolute Gasteiger partial charge is 0.257 e. The topological polar surface area (TPSA) is 59.2 Å². The number of hydrogen-bond donors (Lipinski definition) is 0. The first-order chi connectivity index (χ1) is 11.9. The van der Waals surface area contributed by atoms with Crippen LogP contribution in [0.15, 0.2) is 47.0 Å². The van der Waals surface area contributed by atoms with Gasteiger partial charge in [-0.2, -0.15) is 4.98 Å². The molecular weight excluding hydrogens is 328 g/mol. The summed E-state index contributed by atoms with van der Waals surface area (Å²) in [5.41, 5.74) is 1.38. The number of aryl methyl sites for hydroxylation is 1. The maximum atomic E-state index is 13.7. The zero-order valence-corrected chi connectivity index (χ0v) is 13.7. The molecule has 0 aliphatic rings. The molecule has 0 unspecified atom stereocenters. The third-order valence-corrected chi connectivity index (χ3v) is 3.68. The lowest BCUT2D eigenvalue weighted by molar-refractivity contribution is 0.0784. The molecule has 0 saturated carbocycles. The van der Waals surface area contributed by atoms with Crippen LogP contribution >= 0.6 is 0 Å². The first-order valence-corrected chi connectivity index (χ1v) is 7.54.